The Morgan fingerprint density at radius 3 is 2.48 bits per heavy atom. The monoisotopic (exact) mass is 435 g/mol. The van der Waals surface area contributed by atoms with E-state index < -0.39 is 11.7 Å². The van der Waals surface area contributed by atoms with Crippen LogP contribution in [0.4, 0.5) is 24.0 Å². The number of halogens is 3. The summed E-state index contributed by atoms with van der Waals surface area (Å²) in [6.07, 6.45) is -4.46. The number of alkyl halides is 3. The molecular weight excluding hydrogens is 423 g/mol. The van der Waals surface area contributed by atoms with Gasteiger partial charge in [-0.2, -0.15) is 13.2 Å². The van der Waals surface area contributed by atoms with E-state index in [0.29, 0.717) is 10.8 Å². The zero-order chi connectivity index (χ0) is 20.3. The summed E-state index contributed by atoms with van der Waals surface area (Å²) in [7, 11) is 0. The Labute approximate surface area is 171 Å². The molecule has 0 bridgehead atoms. The third-order valence-electron chi connectivity index (χ3n) is 3.81. The lowest BCUT2D eigenvalue weighted by atomic mass is 10.2. The summed E-state index contributed by atoms with van der Waals surface area (Å²) in [5, 5.41) is 17.2. The molecule has 11 heteroatoms. The summed E-state index contributed by atoms with van der Waals surface area (Å²) in [6, 6.07) is 12.6. The molecule has 148 valence electrons. The van der Waals surface area contributed by atoms with Crippen molar-refractivity contribution in [2.75, 3.05) is 5.32 Å². The largest absolute Gasteiger partial charge is 0.486 e. The average Bonchev–Trinajstić information content (AvgIpc) is 3.39. The minimum Gasteiger partial charge on any atom is -0.486 e. The number of aromatic nitrogens is 4. The van der Waals surface area contributed by atoms with Gasteiger partial charge < -0.3 is 10.1 Å². The third kappa shape index (κ3) is 4.69. The summed E-state index contributed by atoms with van der Waals surface area (Å²) in [5.41, 5.74) is 0.886. The molecule has 0 saturated heterocycles. The van der Waals surface area contributed by atoms with Crippen molar-refractivity contribution < 1.29 is 17.9 Å². The fourth-order valence-corrected chi connectivity index (χ4v) is 3.60. The number of hydrogen-bond donors (Lipinski definition) is 1. The molecule has 29 heavy (non-hydrogen) atoms. The maximum atomic E-state index is 13.1. The minimum atomic E-state index is -4.46. The van der Waals surface area contributed by atoms with Gasteiger partial charge in [0.15, 0.2) is 5.01 Å². The highest BCUT2D eigenvalue weighted by Crippen LogP contribution is 2.36. The number of ether oxygens (including phenoxy) is 1. The summed E-state index contributed by atoms with van der Waals surface area (Å²) < 4.78 is 48.7. The van der Waals surface area contributed by atoms with Crippen molar-refractivity contribution in [1.82, 2.24) is 19.8 Å². The van der Waals surface area contributed by atoms with Gasteiger partial charge in [-0.1, -0.05) is 28.0 Å². The highest BCUT2D eigenvalue weighted by Gasteiger charge is 2.33. The van der Waals surface area contributed by atoms with Crippen LogP contribution in [0.3, 0.4) is 0 Å². The predicted octanol–water partition coefficient (Wildman–Crippen LogP) is 5.40. The van der Waals surface area contributed by atoms with Crippen LogP contribution >= 0.6 is 22.9 Å². The molecule has 0 aliphatic carbocycles. The lowest BCUT2D eigenvalue weighted by Crippen LogP contribution is -2.08. The van der Waals surface area contributed by atoms with Gasteiger partial charge in [-0.05, 0) is 47.9 Å². The van der Waals surface area contributed by atoms with Crippen molar-refractivity contribution >= 4 is 33.7 Å². The summed E-state index contributed by atoms with van der Waals surface area (Å²) in [6.45, 7) is 0.151. The van der Waals surface area contributed by atoms with Gasteiger partial charge in [0.2, 0.25) is 5.13 Å². The van der Waals surface area contributed by atoms with Crippen molar-refractivity contribution in [3.63, 3.8) is 0 Å². The predicted molar refractivity (Wildman–Crippen MR) is 104 cm³/mol. The van der Waals surface area contributed by atoms with Crippen LogP contribution < -0.4 is 10.1 Å². The van der Waals surface area contributed by atoms with Crippen molar-refractivity contribution in [2.45, 2.75) is 12.8 Å². The highest BCUT2D eigenvalue weighted by atomic mass is 32.1. The summed E-state index contributed by atoms with van der Waals surface area (Å²) >= 11 is 2.40. The first kappa shape index (κ1) is 19.3. The van der Waals surface area contributed by atoms with Crippen LogP contribution in [-0.2, 0) is 12.8 Å². The number of nitrogens with zero attached hydrogens (tertiary/aromatic N) is 4. The number of benzene rings is 2. The van der Waals surface area contributed by atoms with Crippen LogP contribution in [0.25, 0.3) is 11.3 Å². The molecule has 0 radical (unpaired) electrons. The van der Waals surface area contributed by atoms with Gasteiger partial charge in [-0.15, -0.1) is 15.3 Å². The van der Waals surface area contributed by atoms with Crippen molar-refractivity contribution in [3.05, 3.63) is 64.5 Å². The Hall–Kier alpha value is -3.05. The molecule has 0 aliphatic rings. The SMILES string of the molecule is FC(F)(F)c1ccccc1Nc1nnc(COc2ccc(-c3csnn3)cc2)s1. The first-order chi connectivity index (χ1) is 14.0. The molecule has 1 N–H and O–H groups in total. The smallest absolute Gasteiger partial charge is 0.418 e. The Morgan fingerprint density at radius 1 is 0.966 bits per heavy atom. The second-order valence-electron chi connectivity index (χ2n) is 5.77. The van der Waals surface area contributed by atoms with Crippen LogP contribution in [-0.4, -0.2) is 19.8 Å². The first-order valence-electron chi connectivity index (χ1n) is 8.25. The molecule has 4 rings (SSSR count). The Balaban J connectivity index is 1.39. The van der Waals surface area contributed by atoms with Gasteiger partial charge in [0.25, 0.3) is 0 Å². The second kappa shape index (κ2) is 8.13. The topological polar surface area (TPSA) is 72.8 Å². The fourth-order valence-electron chi connectivity index (χ4n) is 2.47. The van der Waals surface area contributed by atoms with Crippen LogP contribution in [0.15, 0.2) is 53.9 Å². The number of para-hydroxylation sites is 1. The van der Waals surface area contributed by atoms with Crippen LogP contribution in [0.1, 0.15) is 10.6 Å². The molecule has 0 amide bonds. The van der Waals surface area contributed by atoms with Gasteiger partial charge in [-0.3, -0.25) is 0 Å². The van der Waals surface area contributed by atoms with Crippen LogP contribution in [0, 0.1) is 0 Å². The van der Waals surface area contributed by atoms with Crippen molar-refractivity contribution in [2.24, 2.45) is 0 Å². The van der Waals surface area contributed by atoms with Gasteiger partial charge in [0.1, 0.15) is 18.1 Å². The normalized spacial score (nSPS) is 11.4. The molecular formula is C18H12F3N5OS2. The number of rotatable bonds is 6. The number of nitrogens with one attached hydrogen (secondary N) is 1. The molecule has 0 aliphatic heterocycles. The standard InChI is InChI=1S/C18H12F3N5OS2/c19-18(20,21)13-3-1-2-4-14(13)22-17-25-24-16(29-17)9-27-12-7-5-11(6-8-12)15-10-28-26-23-15/h1-8,10H,9H2,(H,22,25). The molecule has 0 unspecified atom stereocenters. The van der Waals surface area contributed by atoms with Crippen molar-refractivity contribution in [3.8, 4) is 17.0 Å². The second-order valence-corrected chi connectivity index (χ2v) is 7.44. The Morgan fingerprint density at radius 2 is 1.76 bits per heavy atom. The molecule has 0 spiro atoms. The number of anilines is 2. The Kier molecular flexibility index (Phi) is 5.41. The molecule has 0 atom stereocenters. The van der Waals surface area contributed by atoms with E-state index in [1.807, 2.05) is 17.5 Å². The van der Waals surface area contributed by atoms with Crippen LogP contribution in [0.2, 0.25) is 0 Å². The molecule has 6 nitrogen and oxygen atoms in total. The van der Waals surface area contributed by atoms with E-state index in [-0.39, 0.29) is 17.4 Å². The molecule has 2 heterocycles. The highest BCUT2D eigenvalue weighted by molar-refractivity contribution is 7.15. The Bertz CT molecular complexity index is 1080. The maximum absolute atomic E-state index is 13.1. The van der Waals surface area contributed by atoms with E-state index in [2.05, 4.69) is 25.1 Å². The zero-order valence-corrected chi connectivity index (χ0v) is 16.2. The molecule has 2 aromatic carbocycles. The summed E-state index contributed by atoms with van der Waals surface area (Å²) in [5.74, 6) is 0.629. The zero-order valence-electron chi connectivity index (χ0n) is 14.6. The van der Waals surface area contributed by atoms with Gasteiger partial charge in [0.05, 0.1) is 11.3 Å². The van der Waals surface area contributed by atoms with E-state index in [9.17, 15) is 13.2 Å². The summed E-state index contributed by atoms with van der Waals surface area (Å²) in [4.78, 5) is 0. The van der Waals surface area contributed by atoms with E-state index >= 15 is 0 Å². The van der Waals surface area contributed by atoms with Crippen LogP contribution in [0.5, 0.6) is 5.75 Å². The fraction of sp³-hybridized carbons (Fsp3) is 0.111. The molecule has 4 aromatic rings. The van der Waals surface area contributed by atoms with Gasteiger partial charge in [-0.25, -0.2) is 0 Å². The average molecular weight is 435 g/mol. The van der Waals surface area contributed by atoms with Gasteiger partial charge >= 0.3 is 6.18 Å². The number of hydrogen-bond acceptors (Lipinski definition) is 8. The van der Waals surface area contributed by atoms with E-state index in [0.717, 1.165) is 28.7 Å². The minimum absolute atomic E-state index is 0.0734. The van der Waals surface area contributed by atoms with E-state index in [1.165, 1.54) is 29.7 Å². The van der Waals surface area contributed by atoms with E-state index in [1.54, 1.807) is 12.1 Å². The van der Waals surface area contributed by atoms with Crippen molar-refractivity contribution in [1.29, 1.82) is 0 Å². The lowest BCUT2D eigenvalue weighted by molar-refractivity contribution is -0.136. The van der Waals surface area contributed by atoms with E-state index in [4.69, 9.17) is 4.74 Å². The first-order valence-corrected chi connectivity index (χ1v) is 9.90. The molecule has 0 fully saturated rings. The maximum Gasteiger partial charge on any atom is 0.418 e. The third-order valence-corrected chi connectivity index (χ3v) is 5.13. The molecule has 0 saturated carbocycles. The lowest BCUT2D eigenvalue weighted by Gasteiger charge is -2.12. The van der Waals surface area contributed by atoms with Gasteiger partial charge in [0, 0.05) is 10.9 Å². The quantitative estimate of drug-likeness (QED) is 0.437. The molecule has 2 aromatic heterocycles.